The van der Waals surface area contributed by atoms with Gasteiger partial charge in [0, 0.05) is 13.0 Å². The fourth-order valence-corrected chi connectivity index (χ4v) is 5.33. The number of anilines is 2. The summed E-state index contributed by atoms with van der Waals surface area (Å²) in [5.74, 6) is 0.557. The number of pyridine rings is 1. The molecule has 0 fully saturated rings. The number of ether oxygens (including phenoxy) is 1. The van der Waals surface area contributed by atoms with E-state index in [9.17, 15) is 22.4 Å². The molecule has 2 amide bonds. The highest BCUT2D eigenvalue weighted by atomic mass is 35.5. The van der Waals surface area contributed by atoms with Crippen LogP contribution in [0.3, 0.4) is 0 Å². The number of fused-ring (bicyclic) bond motifs is 1. The summed E-state index contributed by atoms with van der Waals surface area (Å²) >= 11 is 5.98. The number of benzene rings is 2. The van der Waals surface area contributed by atoms with Gasteiger partial charge in [-0.05, 0) is 48.7 Å². The minimum Gasteiger partial charge on any atom is -0.458 e. The van der Waals surface area contributed by atoms with Crippen LogP contribution in [0.5, 0.6) is 5.88 Å². The molecule has 1 aromatic heterocycles. The van der Waals surface area contributed by atoms with Crippen LogP contribution in [0.1, 0.15) is 22.8 Å². The first-order valence-corrected chi connectivity index (χ1v) is 12.7. The number of rotatable bonds is 4. The van der Waals surface area contributed by atoms with E-state index < -0.39 is 27.9 Å². The SMILES string of the molecule is CC(=O)NC#CC1CN(S(=O)(=O)c2cccc(C)c2)c2cc(NC(=O)c3c(F)cccc3Cl)cnc2O1. The van der Waals surface area contributed by atoms with Gasteiger partial charge < -0.3 is 10.1 Å². The Balaban J connectivity index is 1.74. The van der Waals surface area contributed by atoms with Crippen LogP contribution in [0.15, 0.2) is 59.6 Å². The number of hydrogen-bond donors (Lipinski definition) is 2. The van der Waals surface area contributed by atoms with Crippen molar-refractivity contribution in [3.63, 3.8) is 0 Å². The van der Waals surface area contributed by atoms with E-state index in [0.717, 1.165) is 15.9 Å². The van der Waals surface area contributed by atoms with Crippen LogP contribution in [0.25, 0.3) is 0 Å². The maximum absolute atomic E-state index is 14.2. The van der Waals surface area contributed by atoms with Gasteiger partial charge in [-0.3, -0.25) is 19.2 Å². The van der Waals surface area contributed by atoms with E-state index in [-0.39, 0.29) is 45.2 Å². The number of carbonyl (C=O) groups is 2. The van der Waals surface area contributed by atoms with Crippen molar-refractivity contribution in [3.8, 4) is 17.8 Å². The highest BCUT2D eigenvalue weighted by Gasteiger charge is 2.35. The number of sulfonamides is 1. The minimum atomic E-state index is -4.12. The number of nitrogens with one attached hydrogen (secondary N) is 2. The first-order chi connectivity index (χ1) is 17.6. The normalized spacial score (nSPS) is 14.5. The molecule has 0 spiro atoms. The Labute approximate surface area is 217 Å². The number of halogens is 2. The van der Waals surface area contributed by atoms with Crippen LogP contribution >= 0.6 is 11.6 Å². The molecule has 1 aliphatic heterocycles. The molecule has 1 unspecified atom stereocenters. The van der Waals surface area contributed by atoms with Crippen molar-refractivity contribution in [1.82, 2.24) is 10.3 Å². The van der Waals surface area contributed by atoms with E-state index in [1.807, 2.05) is 0 Å². The van der Waals surface area contributed by atoms with Gasteiger partial charge in [-0.15, -0.1) is 0 Å². The lowest BCUT2D eigenvalue weighted by atomic mass is 10.2. The molecule has 12 heteroatoms. The van der Waals surface area contributed by atoms with E-state index in [2.05, 4.69) is 27.6 Å². The highest BCUT2D eigenvalue weighted by molar-refractivity contribution is 7.92. The van der Waals surface area contributed by atoms with Gasteiger partial charge in [-0.1, -0.05) is 29.8 Å². The third-order valence-corrected chi connectivity index (χ3v) is 7.27. The zero-order valence-electron chi connectivity index (χ0n) is 19.6. The van der Waals surface area contributed by atoms with Gasteiger partial charge in [0.2, 0.25) is 11.8 Å². The van der Waals surface area contributed by atoms with Crippen molar-refractivity contribution in [1.29, 1.82) is 0 Å². The molecule has 0 radical (unpaired) electrons. The number of nitrogens with zero attached hydrogens (tertiary/aromatic N) is 2. The molecule has 0 bridgehead atoms. The largest absolute Gasteiger partial charge is 0.458 e. The van der Waals surface area contributed by atoms with E-state index in [1.165, 1.54) is 43.5 Å². The maximum atomic E-state index is 14.2. The molecular formula is C25H20ClFN4O5S. The second-order valence-corrected chi connectivity index (χ2v) is 10.3. The zero-order valence-corrected chi connectivity index (χ0v) is 21.2. The van der Waals surface area contributed by atoms with Crippen molar-refractivity contribution in [3.05, 3.63) is 76.7 Å². The van der Waals surface area contributed by atoms with Crippen molar-refractivity contribution in [2.75, 3.05) is 16.2 Å². The molecule has 2 aromatic carbocycles. The second-order valence-electron chi connectivity index (χ2n) is 8.01. The van der Waals surface area contributed by atoms with Gasteiger partial charge in [-0.2, -0.15) is 0 Å². The Morgan fingerprint density at radius 2 is 1.97 bits per heavy atom. The number of aryl methyl sites for hydroxylation is 1. The molecule has 2 heterocycles. The van der Waals surface area contributed by atoms with Crippen LogP contribution in [0.2, 0.25) is 5.02 Å². The third-order valence-electron chi connectivity index (χ3n) is 5.18. The summed E-state index contributed by atoms with van der Waals surface area (Å²) in [6.45, 7) is 2.82. The van der Waals surface area contributed by atoms with Crippen LogP contribution in [0.4, 0.5) is 15.8 Å². The van der Waals surface area contributed by atoms with Crippen molar-refractivity contribution < 1.29 is 27.1 Å². The van der Waals surface area contributed by atoms with E-state index in [0.29, 0.717) is 0 Å². The van der Waals surface area contributed by atoms with Gasteiger partial charge in [0.25, 0.3) is 15.9 Å². The fraction of sp³-hybridized carbons (Fsp3) is 0.160. The summed E-state index contributed by atoms with van der Waals surface area (Å²) in [7, 11) is -4.12. The molecular weight excluding hydrogens is 523 g/mol. The number of carbonyl (C=O) groups excluding carboxylic acids is 2. The lowest BCUT2D eigenvalue weighted by Crippen LogP contribution is -2.43. The standard InChI is InChI=1S/C25H20ClFN4O5S/c1-15-5-3-6-19(11-15)37(34,35)31-14-18(9-10-28-16(2)32)36-25-22(31)12-17(13-29-25)30-24(33)23-20(26)7-4-8-21(23)27/h3-8,11-13,18H,14H2,1-2H3,(H,28,32)(H,30,33). The molecule has 3 aromatic rings. The minimum absolute atomic E-state index is 0.0292. The molecule has 1 aliphatic rings. The Hall–Kier alpha value is -4.14. The molecule has 0 saturated carbocycles. The summed E-state index contributed by atoms with van der Waals surface area (Å²) in [6.07, 6.45) is 0.274. The molecule has 1 atom stereocenters. The molecule has 0 aliphatic carbocycles. The monoisotopic (exact) mass is 542 g/mol. The average Bonchev–Trinajstić information content (AvgIpc) is 2.83. The molecule has 9 nitrogen and oxygen atoms in total. The Morgan fingerprint density at radius 1 is 1.22 bits per heavy atom. The predicted octanol–water partition coefficient (Wildman–Crippen LogP) is 3.49. The van der Waals surface area contributed by atoms with Crippen LogP contribution in [0, 0.1) is 24.7 Å². The first kappa shape index (κ1) is 25.9. The molecule has 37 heavy (non-hydrogen) atoms. The van der Waals surface area contributed by atoms with Crippen molar-refractivity contribution >= 4 is 44.8 Å². The van der Waals surface area contributed by atoms with Gasteiger partial charge in [0.1, 0.15) is 11.5 Å². The number of amides is 2. The molecule has 190 valence electrons. The van der Waals surface area contributed by atoms with Gasteiger partial charge in [0.15, 0.2) is 6.10 Å². The fourth-order valence-electron chi connectivity index (χ4n) is 3.52. The average molecular weight is 543 g/mol. The van der Waals surface area contributed by atoms with Crippen LogP contribution in [-0.2, 0) is 14.8 Å². The van der Waals surface area contributed by atoms with Crippen LogP contribution in [-0.4, -0.2) is 37.9 Å². The lowest BCUT2D eigenvalue weighted by Gasteiger charge is -2.33. The Kier molecular flexibility index (Phi) is 7.33. The molecule has 4 rings (SSSR count). The van der Waals surface area contributed by atoms with E-state index >= 15 is 0 Å². The van der Waals surface area contributed by atoms with E-state index in [4.69, 9.17) is 16.3 Å². The zero-order chi connectivity index (χ0) is 26.7. The summed E-state index contributed by atoms with van der Waals surface area (Å²) < 4.78 is 48.3. The number of aromatic nitrogens is 1. The summed E-state index contributed by atoms with van der Waals surface area (Å²) in [5.41, 5.74) is 0.489. The van der Waals surface area contributed by atoms with Crippen molar-refractivity contribution in [2.24, 2.45) is 0 Å². The van der Waals surface area contributed by atoms with E-state index in [1.54, 1.807) is 19.1 Å². The molecule has 0 saturated heterocycles. The van der Waals surface area contributed by atoms with Gasteiger partial charge in [0.05, 0.1) is 33.9 Å². The molecule has 2 N–H and O–H groups in total. The second kappa shape index (κ2) is 10.5. The highest BCUT2D eigenvalue weighted by Crippen LogP contribution is 2.37. The van der Waals surface area contributed by atoms with Gasteiger partial charge in [-0.25, -0.2) is 17.8 Å². The first-order valence-electron chi connectivity index (χ1n) is 10.8. The Morgan fingerprint density at radius 3 is 2.68 bits per heavy atom. The Bertz CT molecular complexity index is 1550. The third kappa shape index (κ3) is 5.66. The summed E-state index contributed by atoms with van der Waals surface area (Å²) in [4.78, 5) is 28.0. The topological polar surface area (TPSA) is 118 Å². The smallest absolute Gasteiger partial charge is 0.264 e. The quantitative estimate of drug-likeness (QED) is 0.385. The van der Waals surface area contributed by atoms with Gasteiger partial charge >= 0.3 is 0 Å². The summed E-state index contributed by atoms with van der Waals surface area (Å²) in [6, 6.07) is 14.0. The maximum Gasteiger partial charge on any atom is 0.264 e. The van der Waals surface area contributed by atoms with Crippen LogP contribution < -0.4 is 19.7 Å². The predicted molar refractivity (Wildman–Crippen MR) is 135 cm³/mol. The number of hydrogen-bond acceptors (Lipinski definition) is 6. The van der Waals surface area contributed by atoms with Crippen molar-refractivity contribution in [2.45, 2.75) is 24.8 Å². The summed E-state index contributed by atoms with van der Waals surface area (Å²) in [5, 5.41) is 4.71. The lowest BCUT2D eigenvalue weighted by molar-refractivity contribution is -0.117.